The van der Waals surface area contributed by atoms with Gasteiger partial charge in [-0.25, -0.2) is 19.1 Å². The Kier molecular flexibility index (Phi) is 8.63. The molecule has 2 atom stereocenters. The predicted molar refractivity (Wildman–Crippen MR) is 163 cm³/mol. The van der Waals surface area contributed by atoms with Crippen LogP contribution in [0.15, 0.2) is 93.0 Å². The lowest BCUT2D eigenvalue weighted by Crippen LogP contribution is -2.25. The molecule has 2 unspecified atom stereocenters. The van der Waals surface area contributed by atoms with Crippen molar-refractivity contribution in [3.63, 3.8) is 0 Å². The minimum absolute atomic E-state index is 0.0332. The molecule has 0 radical (unpaired) electrons. The minimum atomic E-state index is -2.54. The van der Waals surface area contributed by atoms with E-state index in [9.17, 15) is 18.7 Å². The van der Waals surface area contributed by atoms with Gasteiger partial charge in [-0.3, -0.25) is 0 Å². The van der Waals surface area contributed by atoms with Crippen LogP contribution in [-0.4, -0.2) is 17.0 Å². The number of rotatable bonds is 5. The predicted octanol–water partition coefficient (Wildman–Crippen LogP) is 9.72. The lowest BCUT2D eigenvalue weighted by Gasteiger charge is -2.31. The Bertz CT molecular complexity index is 1430. The van der Waals surface area contributed by atoms with Crippen LogP contribution < -0.4 is 5.48 Å². The maximum absolute atomic E-state index is 14.1. The maximum atomic E-state index is 14.1. The van der Waals surface area contributed by atoms with E-state index in [0.29, 0.717) is 12.8 Å². The number of hydrogen-bond acceptors (Lipinski definition) is 3. The molecule has 42 heavy (non-hydrogen) atoms. The lowest BCUT2D eigenvalue weighted by atomic mass is 9.76. The third kappa shape index (κ3) is 6.33. The van der Waals surface area contributed by atoms with E-state index in [1.807, 2.05) is 26.0 Å². The van der Waals surface area contributed by atoms with Crippen molar-refractivity contribution in [3.8, 4) is 0 Å². The van der Waals surface area contributed by atoms with Crippen LogP contribution in [0.2, 0.25) is 0 Å². The molecule has 4 nitrogen and oxygen atoms in total. The van der Waals surface area contributed by atoms with Crippen molar-refractivity contribution in [2.75, 3.05) is 0 Å². The van der Waals surface area contributed by atoms with Gasteiger partial charge in [-0.05, 0) is 130 Å². The standard InChI is InChI=1S/C36H43F2NO3/c1-21-6-12-32-23(3)31(27-7-9-28(10-8-27)35(40)41)13-11-29(19-26-14-16-36(37,38)17-15-26)33(32)20-30(18-21)34-22(2)24(4)39-42-25(34)5/h7-11,18,20,23,26,31,39H,6,12-17,19H2,1-5H3,(H,40,41). The molecule has 1 fully saturated rings. The van der Waals surface area contributed by atoms with Crippen LogP contribution in [0.3, 0.4) is 0 Å². The third-order valence-corrected chi connectivity index (χ3v) is 9.82. The summed E-state index contributed by atoms with van der Waals surface area (Å²) in [7, 11) is 0. The van der Waals surface area contributed by atoms with Crippen LogP contribution in [0.5, 0.6) is 0 Å². The fourth-order valence-corrected chi connectivity index (χ4v) is 7.09. The first-order valence-corrected chi connectivity index (χ1v) is 15.3. The molecule has 4 aliphatic rings. The second-order valence-electron chi connectivity index (χ2n) is 12.7. The molecule has 1 heterocycles. The Balaban J connectivity index is 1.62. The van der Waals surface area contributed by atoms with Crippen LogP contribution in [0.4, 0.5) is 8.78 Å². The zero-order valence-electron chi connectivity index (χ0n) is 25.4. The number of aromatic carboxylic acids is 1. The van der Waals surface area contributed by atoms with Crippen molar-refractivity contribution in [2.45, 2.75) is 97.8 Å². The summed E-state index contributed by atoms with van der Waals surface area (Å²) in [6.45, 7) is 10.6. The number of carbonyl (C=O) groups is 1. The van der Waals surface area contributed by atoms with Gasteiger partial charge >= 0.3 is 5.97 Å². The summed E-state index contributed by atoms with van der Waals surface area (Å²) in [5.74, 6) is -1.99. The molecule has 1 aromatic rings. The van der Waals surface area contributed by atoms with E-state index in [4.69, 9.17) is 4.84 Å². The maximum Gasteiger partial charge on any atom is 0.335 e. The molecule has 0 bridgehead atoms. The number of hydrogen-bond donors (Lipinski definition) is 2. The quantitative estimate of drug-likeness (QED) is 0.367. The summed E-state index contributed by atoms with van der Waals surface area (Å²) >= 11 is 0. The van der Waals surface area contributed by atoms with Crippen LogP contribution in [0, 0.1) is 11.8 Å². The van der Waals surface area contributed by atoms with Crippen molar-refractivity contribution in [3.05, 3.63) is 104 Å². The Morgan fingerprint density at radius 3 is 2.40 bits per heavy atom. The van der Waals surface area contributed by atoms with Crippen molar-refractivity contribution < 1.29 is 23.5 Å². The van der Waals surface area contributed by atoms with Crippen LogP contribution >= 0.6 is 0 Å². The summed E-state index contributed by atoms with van der Waals surface area (Å²) in [5.41, 5.74) is 14.0. The highest BCUT2D eigenvalue weighted by atomic mass is 19.3. The van der Waals surface area contributed by atoms with Crippen LogP contribution in [-0.2, 0) is 4.84 Å². The molecule has 5 rings (SSSR count). The van der Waals surface area contributed by atoms with Crippen molar-refractivity contribution in [1.29, 1.82) is 0 Å². The molecule has 224 valence electrons. The summed E-state index contributed by atoms with van der Waals surface area (Å²) in [5, 5.41) is 9.43. The lowest BCUT2D eigenvalue weighted by molar-refractivity contribution is -0.0455. The molecule has 0 aromatic heterocycles. The average Bonchev–Trinajstić information content (AvgIpc) is 3.05. The Morgan fingerprint density at radius 1 is 1.05 bits per heavy atom. The number of hydroxylamine groups is 1. The molecule has 2 N–H and O–H groups in total. The summed E-state index contributed by atoms with van der Waals surface area (Å²) in [4.78, 5) is 17.3. The Hall–Kier alpha value is -3.41. The molecular formula is C36H43F2NO3. The first kappa shape index (κ1) is 30.1. The van der Waals surface area contributed by atoms with Gasteiger partial charge in [-0.15, -0.1) is 0 Å². The summed E-state index contributed by atoms with van der Waals surface area (Å²) < 4.78 is 28.1. The van der Waals surface area contributed by atoms with Crippen molar-refractivity contribution in [1.82, 2.24) is 5.48 Å². The van der Waals surface area contributed by atoms with Gasteiger partial charge in [-0.1, -0.05) is 42.4 Å². The molecule has 3 aliphatic carbocycles. The van der Waals surface area contributed by atoms with Gasteiger partial charge in [0.25, 0.3) is 0 Å². The van der Waals surface area contributed by atoms with Gasteiger partial charge in [0.1, 0.15) is 5.76 Å². The number of halogens is 2. The van der Waals surface area contributed by atoms with E-state index in [1.54, 1.807) is 12.1 Å². The molecule has 0 saturated heterocycles. The normalized spacial score (nSPS) is 25.3. The van der Waals surface area contributed by atoms with Gasteiger partial charge in [0.15, 0.2) is 0 Å². The van der Waals surface area contributed by atoms with Crippen LogP contribution in [0.1, 0.15) is 108 Å². The first-order chi connectivity index (χ1) is 19.9. The number of nitrogens with one attached hydrogen (secondary N) is 1. The van der Waals surface area contributed by atoms with E-state index in [1.165, 1.54) is 22.3 Å². The van der Waals surface area contributed by atoms with Crippen molar-refractivity contribution in [2.24, 2.45) is 11.8 Å². The highest BCUT2D eigenvalue weighted by Crippen LogP contribution is 2.47. The van der Waals surface area contributed by atoms with Gasteiger partial charge in [0, 0.05) is 24.1 Å². The first-order valence-electron chi connectivity index (χ1n) is 15.3. The highest BCUT2D eigenvalue weighted by Gasteiger charge is 2.36. The van der Waals surface area contributed by atoms with E-state index in [2.05, 4.69) is 44.5 Å². The number of benzene rings is 1. The fourth-order valence-electron chi connectivity index (χ4n) is 7.09. The molecule has 1 saturated carbocycles. The number of allylic oxidation sites excluding steroid dienone is 12. The zero-order chi connectivity index (χ0) is 30.2. The monoisotopic (exact) mass is 575 g/mol. The fraction of sp³-hybridized carbons (Fsp3) is 0.472. The molecule has 1 aromatic carbocycles. The molecular weight excluding hydrogens is 532 g/mol. The zero-order valence-corrected chi connectivity index (χ0v) is 25.4. The van der Waals surface area contributed by atoms with E-state index >= 15 is 0 Å². The minimum Gasteiger partial charge on any atom is -0.478 e. The number of carboxylic acids is 1. The number of carboxylic acid groups (broad SMARTS) is 1. The van der Waals surface area contributed by atoms with E-state index in [-0.39, 0.29) is 36.2 Å². The second-order valence-corrected chi connectivity index (χ2v) is 12.7. The van der Waals surface area contributed by atoms with Gasteiger partial charge in [-0.2, -0.15) is 0 Å². The largest absolute Gasteiger partial charge is 0.478 e. The van der Waals surface area contributed by atoms with E-state index < -0.39 is 11.9 Å². The van der Waals surface area contributed by atoms with Gasteiger partial charge in [0.2, 0.25) is 5.92 Å². The molecule has 1 aliphatic heterocycles. The van der Waals surface area contributed by atoms with E-state index in [0.717, 1.165) is 59.4 Å². The third-order valence-electron chi connectivity index (χ3n) is 9.82. The number of alkyl halides is 2. The summed E-state index contributed by atoms with van der Waals surface area (Å²) in [6.07, 6.45) is 11.5. The van der Waals surface area contributed by atoms with Gasteiger partial charge in [0.05, 0.1) is 5.56 Å². The molecule has 0 spiro atoms. The average molecular weight is 576 g/mol. The molecule has 0 amide bonds. The highest BCUT2D eigenvalue weighted by molar-refractivity contribution is 5.87. The Morgan fingerprint density at radius 2 is 1.74 bits per heavy atom. The smallest absolute Gasteiger partial charge is 0.335 e. The Labute approximate surface area is 248 Å². The van der Waals surface area contributed by atoms with Crippen LogP contribution in [0.25, 0.3) is 0 Å². The SMILES string of the molecule is CC1=CC(C2=C(C)ONC(C)=C2C)=CC2=C(CC1)C(C)C(c1ccc(C(=O)O)cc1)CC=C2CC1CCC(F)(F)CC1. The second kappa shape index (κ2) is 12.1. The van der Waals surface area contributed by atoms with Gasteiger partial charge < -0.3 is 9.94 Å². The topological polar surface area (TPSA) is 58.6 Å². The summed E-state index contributed by atoms with van der Waals surface area (Å²) in [6, 6.07) is 7.31. The van der Waals surface area contributed by atoms with Crippen molar-refractivity contribution >= 4 is 5.97 Å². The molecule has 6 heteroatoms.